The van der Waals surface area contributed by atoms with Gasteiger partial charge in [0.2, 0.25) is 5.91 Å². The Morgan fingerprint density at radius 1 is 1.58 bits per heavy atom. The highest BCUT2D eigenvalue weighted by molar-refractivity contribution is 5.76. The van der Waals surface area contributed by atoms with Crippen molar-refractivity contribution in [3.8, 4) is 6.07 Å². The van der Waals surface area contributed by atoms with E-state index in [0.29, 0.717) is 12.0 Å². The van der Waals surface area contributed by atoms with Crippen molar-refractivity contribution < 1.29 is 4.79 Å². The number of hydrogen-bond acceptors (Lipinski definition) is 4. The number of carbonyl (C=O) groups is 1. The summed E-state index contributed by atoms with van der Waals surface area (Å²) >= 11 is 0. The van der Waals surface area contributed by atoms with Gasteiger partial charge in [-0.15, -0.1) is 5.10 Å². The Labute approximate surface area is 113 Å². The molecule has 0 N–H and O–H groups in total. The summed E-state index contributed by atoms with van der Waals surface area (Å²) in [7, 11) is 1.86. The van der Waals surface area contributed by atoms with Crippen LogP contribution in [0.1, 0.15) is 38.4 Å². The average Bonchev–Trinajstić information content (AvgIpc) is 2.86. The summed E-state index contributed by atoms with van der Waals surface area (Å²) in [5.41, 5.74) is 0. The predicted molar refractivity (Wildman–Crippen MR) is 68.9 cm³/mol. The Kier molecular flexibility index (Phi) is 4.15. The smallest absolute Gasteiger partial charge is 0.252 e. The van der Waals surface area contributed by atoms with E-state index in [1.54, 1.807) is 0 Å². The molecule has 0 aromatic carbocycles. The average molecular weight is 261 g/mol. The summed E-state index contributed by atoms with van der Waals surface area (Å²) in [5, 5.41) is 12.6. The van der Waals surface area contributed by atoms with Crippen LogP contribution in [0.2, 0.25) is 0 Å². The number of carbonyl (C=O) groups excluding carboxylic acids is 1. The van der Waals surface area contributed by atoms with Crippen LogP contribution in [0, 0.1) is 17.2 Å². The molecule has 6 nitrogen and oxygen atoms in total. The van der Waals surface area contributed by atoms with Crippen molar-refractivity contribution in [1.29, 1.82) is 5.26 Å². The fraction of sp³-hybridized carbons (Fsp3) is 0.692. The summed E-state index contributed by atoms with van der Waals surface area (Å²) in [6, 6.07) is 2.17. The van der Waals surface area contributed by atoms with E-state index in [1.807, 2.05) is 18.0 Å². The first kappa shape index (κ1) is 13.5. The van der Waals surface area contributed by atoms with Crippen LogP contribution >= 0.6 is 0 Å². The Morgan fingerprint density at radius 2 is 2.32 bits per heavy atom. The number of likely N-dealkylation sites (N-methyl/N-ethyl adjacent to an activating group) is 1. The molecule has 0 bridgehead atoms. The fourth-order valence-corrected chi connectivity index (χ4v) is 2.73. The Morgan fingerprint density at radius 3 is 2.95 bits per heavy atom. The van der Waals surface area contributed by atoms with Crippen molar-refractivity contribution in [2.24, 2.45) is 5.92 Å². The maximum atomic E-state index is 12.2. The lowest BCUT2D eigenvalue weighted by Crippen LogP contribution is -2.44. The van der Waals surface area contributed by atoms with Gasteiger partial charge < -0.3 is 4.90 Å². The van der Waals surface area contributed by atoms with Gasteiger partial charge in [-0.25, -0.2) is 9.67 Å². The van der Waals surface area contributed by atoms with Crippen molar-refractivity contribution in [1.82, 2.24) is 19.7 Å². The highest BCUT2D eigenvalue weighted by Crippen LogP contribution is 2.27. The Hall–Kier alpha value is -1.90. The van der Waals surface area contributed by atoms with E-state index in [4.69, 9.17) is 5.26 Å². The standard InChI is InChI=1S/C13H19N5O/c1-10-5-3-4-6-11(10)17(2)13(19)8-18-9-15-12(7-14)16-18/h9-11H,3-6,8H2,1-2H3. The zero-order valence-electron chi connectivity index (χ0n) is 11.4. The normalized spacial score (nSPS) is 22.8. The predicted octanol–water partition coefficient (Wildman–Crippen LogP) is 1.19. The molecule has 1 aliphatic rings. The molecule has 1 aromatic heterocycles. The second-order valence-corrected chi connectivity index (χ2v) is 5.21. The molecule has 6 heteroatoms. The molecule has 0 radical (unpaired) electrons. The molecule has 19 heavy (non-hydrogen) atoms. The minimum atomic E-state index is 0.0214. The molecule has 1 saturated carbocycles. The molecule has 1 amide bonds. The molecule has 1 aromatic rings. The van der Waals surface area contributed by atoms with Crippen LogP contribution in [0.3, 0.4) is 0 Å². The third-order valence-corrected chi connectivity index (χ3v) is 3.89. The van der Waals surface area contributed by atoms with Crippen LogP contribution in [0.15, 0.2) is 6.33 Å². The Balaban J connectivity index is 1.97. The molecule has 1 aliphatic carbocycles. The molecule has 2 rings (SSSR count). The van der Waals surface area contributed by atoms with E-state index in [2.05, 4.69) is 17.0 Å². The van der Waals surface area contributed by atoms with Gasteiger partial charge in [0, 0.05) is 13.1 Å². The number of nitriles is 1. The van der Waals surface area contributed by atoms with E-state index >= 15 is 0 Å². The van der Waals surface area contributed by atoms with Crippen LogP contribution in [-0.4, -0.2) is 38.7 Å². The zero-order chi connectivity index (χ0) is 13.8. The van der Waals surface area contributed by atoms with E-state index in [-0.39, 0.29) is 18.3 Å². The lowest BCUT2D eigenvalue weighted by atomic mass is 9.85. The van der Waals surface area contributed by atoms with Gasteiger partial charge in [-0.05, 0) is 18.8 Å². The molecular weight excluding hydrogens is 242 g/mol. The number of rotatable bonds is 3. The molecular formula is C13H19N5O. The first-order valence-electron chi connectivity index (χ1n) is 6.67. The molecule has 0 saturated heterocycles. The van der Waals surface area contributed by atoms with Crippen molar-refractivity contribution in [2.45, 2.75) is 45.2 Å². The molecule has 0 spiro atoms. The third kappa shape index (κ3) is 3.11. The largest absolute Gasteiger partial charge is 0.341 e. The monoisotopic (exact) mass is 261 g/mol. The first-order valence-corrected chi connectivity index (χ1v) is 6.67. The third-order valence-electron chi connectivity index (χ3n) is 3.89. The topological polar surface area (TPSA) is 74.8 Å². The lowest BCUT2D eigenvalue weighted by molar-refractivity contribution is -0.134. The number of amides is 1. The van der Waals surface area contributed by atoms with Gasteiger partial charge in [0.15, 0.2) is 0 Å². The molecule has 2 unspecified atom stereocenters. The highest BCUT2D eigenvalue weighted by atomic mass is 16.2. The SMILES string of the molecule is CC1CCCCC1N(C)C(=O)Cn1cnc(C#N)n1. The maximum absolute atomic E-state index is 12.2. The van der Waals surface area contributed by atoms with E-state index < -0.39 is 0 Å². The minimum Gasteiger partial charge on any atom is -0.341 e. The molecule has 2 atom stereocenters. The van der Waals surface area contributed by atoms with Crippen molar-refractivity contribution in [3.63, 3.8) is 0 Å². The number of nitrogens with zero attached hydrogens (tertiary/aromatic N) is 5. The second kappa shape index (κ2) is 5.83. The van der Waals surface area contributed by atoms with Crippen LogP contribution in [-0.2, 0) is 11.3 Å². The van der Waals surface area contributed by atoms with Crippen LogP contribution < -0.4 is 0 Å². The minimum absolute atomic E-state index is 0.0214. The van der Waals surface area contributed by atoms with Crippen molar-refractivity contribution in [3.05, 3.63) is 12.2 Å². The van der Waals surface area contributed by atoms with E-state index in [9.17, 15) is 4.79 Å². The van der Waals surface area contributed by atoms with Crippen molar-refractivity contribution in [2.75, 3.05) is 7.05 Å². The number of hydrogen-bond donors (Lipinski definition) is 0. The zero-order valence-corrected chi connectivity index (χ0v) is 11.4. The van der Waals surface area contributed by atoms with E-state index in [1.165, 1.54) is 30.3 Å². The van der Waals surface area contributed by atoms with Crippen LogP contribution in [0.4, 0.5) is 0 Å². The number of aromatic nitrogens is 3. The van der Waals surface area contributed by atoms with Crippen LogP contribution in [0.5, 0.6) is 0 Å². The molecule has 102 valence electrons. The van der Waals surface area contributed by atoms with Gasteiger partial charge in [-0.3, -0.25) is 4.79 Å². The van der Waals surface area contributed by atoms with Gasteiger partial charge in [0.1, 0.15) is 18.9 Å². The Bertz CT molecular complexity index is 489. The molecule has 1 fully saturated rings. The first-order chi connectivity index (χ1) is 9.11. The quantitative estimate of drug-likeness (QED) is 0.819. The summed E-state index contributed by atoms with van der Waals surface area (Å²) in [6.07, 6.45) is 6.13. The summed E-state index contributed by atoms with van der Waals surface area (Å²) < 4.78 is 1.42. The van der Waals surface area contributed by atoms with Gasteiger partial charge in [-0.2, -0.15) is 5.26 Å². The van der Waals surface area contributed by atoms with E-state index in [0.717, 1.165) is 6.42 Å². The summed E-state index contributed by atoms with van der Waals surface area (Å²) in [4.78, 5) is 17.8. The van der Waals surface area contributed by atoms with Crippen LogP contribution in [0.25, 0.3) is 0 Å². The lowest BCUT2D eigenvalue weighted by Gasteiger charge is -2.36. The van der Waals surface area contributed by atoms with Crippen molar-refractivity contribution >= 4 is 5.91 Å². The van der Waals surface area contributed by atoms with Gasteiger partial charge in [0.05, 0.1) is 0 Å². The summed E-state index contributed by atoms with van der Waals surface area (Å²) in [5.74, 6) is 0.669. The van der Waals surface area contributed by atoms with Gasteiger partial charge in [0.25, 0.3) is 5.82 Å². The fourth-order valence-electron chi connectivity index (χ4n) is 2.73. The molecule has 0 aliphatic heterocycles. The maximum Gasteiger partial charge on any atom is 0.252 e. The van der Waals surface area contributed by atoms with Gasteiger partial charge in [-0.1, -0.05) is 19.8 Å². The van der Waals surface area contributed by atoms with Gasteiger partial charge >= 0.3 is 0 Å². The highest BCUT2D eigenvalue weighted by Gasteiger charge is 2.27. The second-order valence-electron chi connectivity index (χ2n) is 5.21. The molecule has 1 heterocycles. The summed E-state index contributed by atoms with van der Waals surface area (Å²) in [6.45, 7) is 2.35.